The molecule has 308 valence electrons. The highest BCUT2D eigenvalue weighted by Crippen LogP contribution is 2.47. The van der Waals surface area contributed by atoms with Crippen LogP contribution in [-0.2, 0) is 0 Å². The Hall–Kier alpha value is -8.72. The molecule has 1 heterocycles. The molecule has 0 unspecified atom stereocenters. The van der Waals surface area contributed by atoms with Crippen molar-refractivity contribution in [3.05, 3.63) is 249 Å². The fraction of sp³-hybridized carbons (Fsp3) is 0. The van der Waals surface area contributed by atoms with E-state index in [2.05, 4.69) is 254 Å². The fourth-order valence-corrected chi connectivity index (χ4v) is 10.4. The average molecular weight is 840 g/mol. The van der Waals surface area contributed by atoms with Gasteiger partial charge in [0.15, 0.2) is 5.58 Å². The summed E-state index contributed by atoms with van der Waals surface area (Å²) in [4.78, 5) is 2.36. The summed E-state index contributed by atoms with van der Waals surface area (Å²) >= 11 is 0. The number of hydrogen-bond donors (Lipinski definition) is 0. The van der Waals surface area contributed by atoms with Gasteiger partial charge in [0.25, 0.3) is 0 Å². The van der Waals surface area contributed by atoms with E-state index in [0.717, 1.165) is 66.5 Å². The molecule has 0 saturated heterocycles. The van der Waals surface area contributed by atoms with E-state index in [0.29, 0.717) is 0 Å². The number of benzene rings is 12. The van der Waals surface area contributed by atoms with Crippen LogP contribution in [0.1, 0.15) is 0 Å². The van der Waals surface area contributed by atoms with Crippen molar-refractivity contribution in [1.82, 2.24) is 0 Å². The molecule has 0 aliphatic carbocycles. The summed E-state index contributed by atoms with van der Waals surface area (Å²) in [7, 11) is 0. The van der Waals surface area contributed by atoms with Crippen LogP contribution < -0.4 is 4.90 Å². The SMILES string of the molecule is c1ccc(-c2c(-c3ccccc3)c3cc(-c4ccc(N(c5cccc(-c6cccc7ccccc67)c5)c5cccc6c5oc5c7ccccc7ccc65)cc4)ccc3c3ccccc23)cc1. The fourth-order valence-electron chi connectivity index (χ4n) is 10.4. The topological polar surface area (TPSA) is 16.4 Å². The molecular weight excluding hydrogens is 799 g/mol. The Morgan fingerprint density at radius 2 is 0.788 bits per heavy atom. The standard InChI is InChI=1S/C64H41NO/c1-3-18-45(19-4-1)61-56-28-12-11-27-54(56)55-38-35-47(41-59(55)62(61)46-20-5-2-6-21-46)42-32-36-49(37-33-42)65(50-24-13-23-48(40-50)52-29-14-22-43-16-7-9-25-51(43)52)60-31-15-30-57-58-39-34-44-17-8-10-26-53(44)63(58)66-64(57)60/h1-41H. The number of para-hydroxylation sites is 1. The van der Waals surface area contributed by atoms with Gasteiger partial charge in [-0.3, -0.25) is 0 Å². The molecule has 0 amide bonds. The number of rotatable bonds is 7. The lowest BCUT2D eigenvalue weighted by Crippen LogP contribution is -2.10. The van der Waals surface area contributed by atoms with Crippen LogP contribution in [0.15, 0.2) is 253 Å². The van der Waals surface area contributed by atoms with E-state index in [1.807, 2.05) is 0 Å². The number of fused-ring (bicyclic) bond motifs is 9. The Morgan fingerprint density at radius 1 is 0.258 bits per heavy atom. The molecule has 66 heavy (non-hydrogen) atoms. The molecular formula is C64H41NO. The Balaban J connectivity index is 1.000. The summed E-state index contributed by atoms with van der Waals surface area (Å²) in [5, 5.41) is 11.9. The minimum Gasteiger partial charge on any atom is -0.453 e. The van der Waals surface area contributed by atoms with Crippen molar-refractivity contribution in [2.45, 2.75) is 0 Å². The first kappa shape index (κ1) is 37.8. The predicted octanol–water partition coefficient (Wildman–Crippen LogP) is 18.3. The van der Waals surface area contributed by atoms with Gasteiger partial charge in [0, 0.05) is 27.5 Å². The van der Waals surface area contributed by atoms with Gasteiger partial charge in [0.05, 0.1) is 5.69 Å². The number of furan rings is 1. The van der Waals surface area contributed by atoms with E-state index >= 15 is 0 Å². The van der Waals surface area contributed by atoms with Crippen LogP contribution >= 0.6 is 0 Å². The molecule has 2 nitrogen and oxygen atoms in total. The highest BCUT2D eigenvalue weighted by atomic mass is 16.3. The molecule has 13 aromatic rings. The molecule has 0 atom stereocenters. The van der Waals surface area contributed by atoms with E-state index in [1.165, 1.54) is 60.1 Å². The second-order valence-electron chi connectivity index (χ2n) is 17.2. The smallest absolute Gasteiger partial charge is 0.159 e. The highest BCUT2D eigenvalue weighted by molar-refractivity contribution is 6.22. The molecule has 0 saturated carbocycles. The van der Waals surface area contributed by atoms with E-state index in [4.69, 9.17) is 4.42 Å². The lowest BCUT2D eigenvalue weighted by atomic mass is 9.84. The summed E-state index contributed by atoms with van der Waals surface area (Å²) in [6.45, 7) is 0. The molecule has 0 fully saturated rings. The van der Waals surface area contributed by atoms with Crippen molar-refractivity contribution < 1.29 is 4.42 Å². The highest BCUT2D eigenvalue weighted by Gasteiger charge is 2.22. The molecule has 0 aliphatic heterocycles. The summed E-state index contributed by atoms with van der Waals surface area (Å²) < 4.78 is 7.01. The lowest BCUT2D eigenvalue weighted by molar-refractivity contribution is 0.673. The summed E-state index contributed by atoms with van der Waals surface area (Å²) in [6.07, 6.45) is 0. The zero-order chi connectivity index (χ0) is 43.6. The predicted molar refractivity (Wildman–Crippen MR) is 280 cm³/mol. The van der Waals surface area contributed by atoms with Gasteiger partial charge in [-0.1, -0.05) is 206 Å². The van der Waals surface area contributed by atoms with Crippen molar-refractivity contribution >= 4 is 82.1 Å². The summed E-state index contributed by atoms with van der Waals surface area (Å²) in [6, 6.07) is 90.2. The first-order chi connectivity index (χ1) is 32.7. The third-order valence-electron chi connectivity index (χ3n) is 13.4. The first-order valence-corrected chi connectivity index (χ1v) is 22.7. The van der Waals surface area contributed by atoms with Gasteiger partial charge in [-0.2, -0.15) is 0 Å². The third kappa shape index (κ3) is 6.18. The van der Waals surface area contributed by atoms with Crippen LogP contribution in [0.3, 0.4) is 0 Å². The van der Waals surface area contributed by atoms with Crippen molar-refractivity contribution in [3.63, 3.8) is 0 Å². The number of anilines is 3. The normalized spacial score (nSPS) is 11.6. The molecule has 2 heteroatoms. The van der Waals surface area contributed by atoms with Gasteiger partial charge in [-0.05, 0) is 125 Å². The molecule has 12 aromatic carbocycles. The van der Waals surface area contributed by atoms with Crippen molar-refractivity contribution in [2.75, 3.05) is 4.90 Å². The summed E-state index contributed by atoms with van der Waals surface area (Å²) in [5.41, 5.74) is 14.4. The van der Waals surface area contributed by atoms with Gasteiger partial charge in [0.2, 0.25) is 0 Å². The second kappa shape index (κ2) is 15.5. The molecule has 13 rings (SSSR count). The van der Waals surface area contributed by atoms with E-state index in [-0.39, 0.29) is 0 Å². The van der Waals surface area contributed by atoms with Crippen LogP contribution in [-0.4, -0.2) is 0 Å². The molecule has 0 aliphatic rings. The largest absolute Gasteiger partial charge is 0.453 e. The Bertz CT molecular complexity index is 3970. The van der Waals surface area contributed by atoms with Crippen LogP contribution in [0.4, 0.5) is 17.1 Å². The minimum atomic E-state index is 0.855. The van der Waals surface area contributed by atoms with Crippen molar-refractivity contribution in [1.29, 1.82) is 0 Å². The molecule has 0 radical (unpaired) electrons. The maximum absolute atomic E-state index is 7.01. The zero-order valence-electron chi connectivity index (χ0n) is 36.0. The average Bonchev–Trinajstić information content (AvgIpc) is 3.79. The molecule has 0 spiro atoms. The van der Waals surface area contributed by atoms with Gasteiger partial charge >= 0.3 is 0 Å². The van der Waals surface area contributed by atoms with E-state index < -0.39 is 0 Å². The maximum atomic E-state index is 7.01. The molecule has 0 N–H and O–H groups in total. The first-order valence-electron chi connectivity index (χ1n) is 22.7. The van der Waals surface area contributed by atoms with E-state index in [1.54, 1.807) is 0 Å². The van der Waals surface area contributed by atoms with Crippen LogP contribution in [0.2, 0.25) is 0 Å². The van der Waals surface area contributed by atoms with Crippen LogP contribution in [0, 0.1) is 0 Å². The monoisotopic (exact) mass is 839 g/mol. The number of nitrogens with zero attached hydrogens (tertiary/aromatic N) is 1. The summed E-state index contributed by atoms with van der Waals surface area (Å²) in [5.74, 6) is 0. The number of hydrogen-bond acceptors (Lipinski definition) is 2. The second-order valence-corrected chi connectivity index (χ2v) is 17.2. The maximum Gasteiger partial charge on any atom is 0.159 e. The van der Waals surface area contributed by atoms with E-state index in [9.17, 15) is 0 Å². The Kier molecular flexibility index (Phi) is 8.89. The Morgan fingerprint density at radius 3 is 1.56 bits per heavy atom. The van der Waals surface area contributed by atoms with Gasteiger partial charge < -0.3 is 9.32 Å². The van der Waals surface area contributed by atoms with Crippen LogP contribution in [0.25, 0.3) is 110 Å². The van der Waals surface area contributed by atoms with Gasteiger partial charge in [-0.25, -0.2) is 0 Å². The zero-order valence-corrected chi connectivity index (χ0v) is 36.0. The molecule has 0 bridgehead atoms. The van der Waals surface area contributed by atoms with Gasteiger partial charge in [0.1, 0.15) is 5.58 Å². The Labute approximate surface area is 382 Å². The third-order valence-corrected chi connectivity index (χ3v) is 13.4. The van der Waals surface area contributed by atoms with Crippen molar-refractivity contribution in [2.24, 2.45) is 0 Å². The van der Waals surface area contributed by atoms with Crippen molar-refractivity contribution in [3.8, 4) is 44.5 Å². The van der Waals surface area contributed by atoms with Gasteiger partial charge in [-0.15, -0.1) is 0 Å². The minimum absolute atomic E-state index is 0.855. The quantitative estimate of drug-likeness (QED) is 0.149. The molecule has 1 aromatic heterocycles. The van der Waals surface area contributed by atoms with Crippen LogP contribution in [0.5, 0.6) is 0 Å². The lowest BCUT2D eigenvalue weighted by Gasteiger charge is -2.26.